The smallest absolute Gasteiger partial charge is 0.169 e. The van der Waals surface area contributed by atoms with Gasteiger partial charge in [-0.25, -0.2) is 9.97 Å². The zero-order valence-corrected chi connectivity index (χ0v) is 11.4. The van der Waals surface area contributed by atoms with Gasteiger partial charge in [-0.15, -0.1) is 0 Å². The lowest BCUT2D eigenvalue weighted by Crippen LogP contribution is -2.01. The first-order valence-electron chi connectivity index (χ1n) is 5.58. The van der Waals surface area contributed by atoms with Crippen LogP contribution in [0.2, 0.25) is 10.3 Å². The molecular weight excluding hydrogens is 271 g/mol. The van der Waals surface area contributed by atoms with E-state index in [1.54, 1.807) is 0 Å². The van der Waals surface area contributed by atoms with Crippen molar-refractivity contribution < 1.29 is 4.74 Å². The molecule has 0 spiro atoms. The lowest BCUT2D eigenvalue weighted by atomic mass is 10.2. The molecule has 0 N–H and O–H groups in total. The van der Waals surface area contributed by atoms with E-state index >= 15 is 0 Å². The second-order valence-corrected chi connectivity index (χ2v) is 4.49. The van der Waals surface area contributed by atoms with Gasteiger partial charge in [0.15, 0.2) is 5.82 Å². The van der Waals surface area contributed by atoms with Gasteiger partial charge >= 0.3 is 0 Å². The molecule has 18 heavy (non-hydrogen) atoms. The van der Waals surface area contributed by atoms with Crippen LogP contribution in [-0.4, -0.2) is 9.97 Å². The maximum Gasteiger partial charge on any atom is 0.169 e. The Kier molecular flexibility index (Phi) is 4.39. The Bertz CT molecular complexity index is 509. The molecule has 0 aliphatic heterocycles. The van der Waals surface area contributed by atoms with Crippen molar-refractivity contribution in [3.63, 3.8) is 0 Å². The Labute approximate surface area is 116 Å². The first-order valence-corrected chi connectivity index (χ1v) is 6.33. The molecule has 0 amide bonds. The summed E-state index contributed by atoms with van der Waals surface area (Å²) >= 11 is 11.6. The van der Waals surface area contributed by atoms with Crippen molar-refractivity contribution in [2.75, 3.05) is 0 Å². The van der Waals surface area contributed by atoms with E-state index in [0.29, 0.717) is 16.1 Å². The summed E-state index contributed by atoms with van der Waals surface area (Å²) in [6.45, 7) is 2.35. The fourth-order valence-electron chi connectivity index (χ4n) is 1.47. The molecular formula is C13H12Cl2N2O. The zero-order chi connectivity index (χ0) is 13.0. The van der Waals surface area contributed by atoms with Crippen molar-refractivity contribution in [3.8, 4) is 5.75 Å². The number of aromatic nitrogens is 2. The number of ether oxygens (including phenoxy) is 1. The van der Waals surface area contributed by atoms with Gasteiger partial charge in [0.25, 0.3) is 0 Å². The second-order valence-electron chi connectivity index (χ2n) is 3.72. The van der Waals surface area contributed by atoms with Gasteiger partial charge in [0, 0.05) is 6.07 Å². The average Bonchev–Trinajstić information content (AvgIpc) is 2.36. The Balaban J connectivity index is 2.01. The van der Waals surface area contributed by atoms with E-state index in [-0.39, 0.29) is 6.61 Å². The van der Waals surface area contributed by atoms with Crippen molar-refractivity contribution in [3.05, 3.63) is 52.0 Å². The third-order valence-corrected chi connectivity index (χ3v) is 2.80. The molecule has 2 rings (SSSR count). The molecule has 1 aromatic heterocycles. The first-order chi connectivity index (χ1) is 8.67. The predicted octanol–water partition coefficient (Wildman–Crippen LogP) is 3.92. The molecule has 3 nitrogen and oxygen atoms in total. The second kappa shape index (κ2) is 6.03. The standard InChI is InChI=1S/C13H12Cl2N2O/c1-2-9-3-5-10(6-4-9)18-8-13-16-11(14)7-12(15)17-13/h3-7H,2,8H2,1H3. The Morgan fingerprint density at radius 3 is 2.22 bits per heavy atom. The van der Waals surface area contributed by atoms with Crippen LogP contribution in [0.15, 0.2) is 30.3 Å². The maximum absolute atomic E-state index is 5.78. The molecule has 5 heteroatoms. The summed E-state index contributed by atoms with van der Waals surface area (Å²) in [5.41, 5.74) is 1.27. The molecule has 0 saturated carbocycles. The topological polar surface area (TPSA) is 35.0 Å². The Morgan fingerprint density at radius 2 is 1.67 bits per heavy atom. The first kappa shape index (κ1) is 13.1. The minimum atomic E-state index is 0.242. The molecule has 1 heterocycles. The van der Waals surface area contributed by atoms with Crippen LogP contribution in [0.4, 0.5) is 0 Å². The average molecular weight is 283 g/mol. The highest BCUT2D eigenvalue weighted by Crippen LogP contribution is 2.15. The van der Waals surface area contributed by atoms with E-state index in [9.17, 15) is 0 Å². The van der Waals surface area contributed by atoms with E-state index in [0.717, 1.165) is 12.2 Å². The summed E-state index contributed by atoms with van der Waals surface area (Å²) in [5, 5.41) is 0.630. The minimum Gasteiger partial charge on any atom is -0.486 e. The van der Waals surface area contributed by atoms with Gasteiger partial charge in [-0.2, -0.15) is 0 Å². The van der Waals surface area contributed by atoms with Gasteiger partial charge in [-0.3, -0.25) is 0 Å². The Morgan fingerprint density at radius 1 is 1.06 bits per heavy atom. The maximum atomic E-state index is 5.78. The van der Waals surface area contributed by atoms with Crippen molar-refractivity contribution in [1.29, 1.82) is 0 Å². The molecule has 0 bridgehead atoms. The van der Waals surface area contributed by atoms with Gasteiger partial charge in [-0.1, -0.05) is 42.3 Å². The number of aryl methyl sites for hydroxylation is 1. The largest absolute Gasteiger partial charge is 0.486 e. The summed E-state index contributed by atoms with van der Waals surface area (Å²) < 4.78 is 5.56. The zero-order valence-electron chi connectivity index (χ0n) is 9.86. The van der Waals surface area contributed by atoms with Crippen LogP contribution in [0, 0.1) is 0 Å². The number of rotatable bonds is 4. The van der Waals surface area contributed by atoms with Crippen LogP contribution < -0.4 is 4.74 Å². The Hall–Kier alpha value is -1.32. The summed E-state index contributed by atoms with van der Waals surface area (Å²) in [6.07, 6.45) is 1.01. The highest BCUT2D eigenvalue weighted by molar-refractivity contribution is 6.33. The normalized spacial score (nSPS) is 10.4. The summed E-state index contributed by atoms with van der Waals surface area (Å²) in [6, 6.07) is 9.39. The highest BCUT2D eigenvalue weighted by Gasteiger charge is 2.03. The van der Waals surface area contributed by atoms with Gasteiger partial charge in [0.05, 0.1) is 0 Å². The van der Waals surface area contributed by atoms with E-state index in [4.69, 9.17) is 27.9 Å². The molecule has 0 aliphatic rings. The van der Waals surface area contributed by atoms with Crippen molar-refractivity contribution in [2.45, 2.75) is 20.0 Å². The van der Waals surface area contributed by atoms with Gasteiger partial charge < -0.3 is 4.74 Å². The lowest BCUT2D eigenvalue weighted by Gasteiger charge is -2.06. The van der Waals surface area contributed by atoms with E-state index in [1.807, 2.05) is 24.3 Å². The third kappa shape index (κ3) is 3.59. The van der Waals surface area contributed by atoms with E-state index in [1.165, 1.54) is 11.6 Å². The fraction of sp³-hybridized carbons (Fsp3) is 0.231. The van der Waals surface area contributed by atoms with Gasteiger partial charge in [-0.05, 0) is 24.1 Å². The van der Waals surface area contributed by atoms with Crippen molar-refractivity contribution in [1.82, 2.24) is 9.97 Å². The summed E-state index contributed by atoms with van der Waals surface area (Å²) in [4.78, 5) is 8.06. The van der Waals surface area contributed by atoms with E-state index in [2.05, 4.69) is 16.9 Å². The number of halogens is 2. The lowest BCUT2D eigenvalue weighted by molar-refractivity contribution is 0.296. The molecule has 0 saturated heterocycles. The number of benzene rings is 1. The number of hydrogen-bond donors (Lipinski definition) is 0. The molecule has 1 aromatic carbocycles. The number of nitrogens with zero attached hydrogens (tertiary/aromatic N) is 2. The predicted molar refractivity (Wildman–Crippen MR) is 72.2 cm³/mol. The van der Waals surface area contributed by atoms with Gasteiger partial charge in [0.1, 0.15) is 22.7 Å². The molecule has 2 aromatic rings. The third-order valence-electron chi connectivity index (χ3n) is 2.41. The quantitative estimate of drug-likeness (QED) is 0.797. The van der Waals surface area contributed by atoms with Crippen LogP contribution in [-0.2, 0) is 13.0 Å². The fourth-order valence-corrected chi connectivity index (χ4v) is 1.93. The molecule has 0 unspecified atom stereocenters. The van der Waals surface area contributed by atoms with Crippen molar-refractivity contribution >= 4 is 23.2 Å². The SMILES string of the molecule is CCc1ccc(OCc2nc(Cl)cc(Cl)n2)cc1. The van der Waals surface area contributed by atoms with Crippen LogP contribution in [0.3, 0.4) is 0 Å². The van der Waals surface area contributed by atoms with E-state index < -0.39 is 0 Å². The summed E-state index contributed by atoms with van der Waals surface area (Å²) in [5.74, 6) is 1.24. The molecule has 0 atom stereocenters. The molecule has 0 aliphatic carbocycles. The van der Waals surface area contributed by atoms with Crippen LogP contribution >= 0.6 is 23.2 Å². The van der Waals surface area contributed by atoms with Gasteiger partial charge in [0.2, 0.25) is 0 Å². The summed E-state index contributed by atoms with van der Waals surface area (Å²) in [7, 11) is 0. The van der Waals surface area contributed by atoms with Crippen LogP contribution in [0.5, 0.6) is 5.75 Å². The molecule has 94 valence electrons. The molecule has 0 radical (unpaired) electrons. The monoisotopic (exact) mass is 282 g/mol. The highest BCUT2D eigenvalue weighted by atomic mass is 35.5. The van der Waals surface area contributed by atoms with Crippen LogP contribution in [0.1, 0.15) is 18.3 Å². The number of hydrogen-bond acceptors (Lipinski definition) is 3. The van der Waals surface area contributed by atoms with Crippen LogP contribution in [0.25, 0.3) is 0 Å². The van der Waals surface area contributed by atoms with Crippen molar-refractivity contribution in [2.24, 2.45) is 0 Å². The minimum absolute atomic E-state index is 0.242. The molecule has 0 fully saturated rings.